The maximum atomic E-state index is 12.3. The largest absolute Gasteiger partial charge is 0.354 e. The first-order chi connectivity index (χ1) is 10.4. The molecule has 1 aliphatic rings. The summed E-state index contributed by atoms with van der Waals surface area (Å²) in [5.41, 5.74) is 1.21. The Bertz CT molecular complexity index is 513. The average Bonchev–Trinajstić information content (AvgIpc) is 3.07. The number of hydrogen-bond acceptors (Lipinski definition) is 4. The van der Waals surface area contributed by atoms with Gasteiger partial charge in [-0.25, -0.2) is 0 Å². The molecule has 0 spiro atoms. The summed E-state index contributed by atoms with van der Waals surface area (Å²) in [6.07, 6.45) is 0.328. The van der Waals surface area contributed by atoms with E-state index in [0.29, 0.717) is 19.5 Å². The highest BCUT2D eigenvalue weighted by Crippen LogP contribution is 2.22. The molecule has 2 heterocycles. The van der Waals surface area contributed by atoms with Crippen LogP contribution in [0.1, 0.15) is 31.9 Å². The number of carbonyl (C=O) groups is 2. The molecular formula is C16H25N3O2S. The molecule has 0 radical (unpaired) electrons. The molecule has 1 fully saturated rings. The van der Waals surface area contributed by atoms with Gasteiger partial charge < -0.3 is 15.1 Å². The molecule has 2 atom stereocenters. The summed E-state index contributed by atoms with van der Waals surface area (Å²) in [6.45, 7) is 5.07. The van der Waals surface area contributed by atoms with Crippen molar-refractivity contribution in [3.63, 3.8) is 0 Å². The summed E-state index contributed by atoms with van der Waals surface area (Å²) >= 11 is 1.66. The number of thiophene rings is 1. The van der Waals surface area contributed by atoms with Gasteiger partial charge in [-0.05, 0) is 50.3 Å². The third-order valence-corrected chi connectivity index (χ3v) is 4.87. The van der Waals surface area contributed by atoms with Crippen molar-refractivity contribution in [2.45, 2.75) is 32.4 Å². The topological polar surface area (TPSA) is 52.7 Å². The molecule has 1 aliphatic heterocycles. The van der Waals surface area contributed by atoms with Crippen molar-refractivity contribution in [1.29, 1.82) is 0 Å². The SMILES string of the molecule is CC(C)N1C[C@H](C(=O)NC[C@H](c2ccsc2)N(C)C)CC1=O. The van der Waals surface area contributed by atoms with E-state index in [1.807, 2.05) is 33.3 Å². The van der Waals surface area contributed by atoms with Crippen molar-refractivity contribution in [2.24, 2.45) is 5.92 Å². The molecule has 2 amide bonds. The molecular weight excluding hydrogens is 298 g/mol. The minimum absolute atomic E-state index is 0.0152. The van der Waals surface area contributed by atoms with Crippen LogP contribution in [0.15, 0.2) is 16.8 Å². The first-order valence-corrected chi connectivity index (χ1v) is 8.60. The second kappa shape index (κ2) is 7.24. The zero-order valence-electron chi connectivity index (χ0n) is 13.7. The number of carbonyl (C=O) groups excluding carboxylic acids is 2. The van der Waals surface area contributed by atoms with Crippen LogP contribution in [-0.4, -0.2) is 54.8 Å². The number of amides is 2. The van der Waals surface area contributed by atoms with Gasteiger partial charge in [-0.15, -0.1) is 0 Å². The summed E-state index contributed by atoms with van der Waals surface area (Å²) in [5, 5.41) is 7.17. The average molecular weight is 323 g/mol. The molecule has 0 saturated carbocycles. The normalized spacial score (nSPS) is 20.0. The highest BCUT2D eigenvalue weighted by Gasteiger charge is 2.35. The third-order valence-electron chi connectivity index (χ3n) is 4.17. The second-order valence-corrected chi connectivity index (χ2v) is 7.10. The number of nitrogens with zero attached hydrogens (tertiary/aromatic N) is 2. The lowest BCUT2D eigenvalue weighted by Crippen LogP contribution is -2.39. The Morgan fingerprint density at radius 2 is 2.23 bits per heavy atom. The van der Waals surface area contributed by atoms with Crippen molar-refractivity contribution >= 4 is 23.2 Å². The van der Waals surface area contributed by atoms with Crippen molar-refractivity contribution in [3.8, 4) is 0 Å². The molecule has 22 heavy (non-hydrogen) atoms. The number of rotatable bonds is 6. The quantitative estimate of drug-likeness (QED) is 0.867. The predicted octanol–water partition coefficient (Wildman–Crippen LogP) is 1.72. The maximum absolute atomic E-state index is 12.3. The van der Waals surface area contributed by atoms with Gasteiger partial charge >= 0.3 is 0 Å². The van der Waals surface area contributed by atoms with E-state index in [4.69, 9.17) is 0 Å². The fraction of sp³-hybridized carbons (Fsp3) is 0.625. The van der Waals surface area contributed by atoms with Gasteiger partial charge in [0.05, 0.1) is 12.0 Å². The molecule has 0 unspecified atom stereocenters. The maximum Gasteiger partial charge on any atom is 0.225 e. The Morgan fingerprint density at radius 3 is 2.73 bits per heavy atom. The van der Waals surface area contributed by atoms with Crippen LogP contribution in [0.4, 0.5) is 0 Å². The smallest absolute Gasteiger partial charge is 0.225 e. The molecule has 122 valence electrons. The van der Waals surface area contributed by atoms with E-state index in [1.54, 1.807) is 16.2 Å². The van der Waals surface area contributed by atoms with E-state index >= 15 is 0 Å². The van der Waals surface area contributed by atoms with Crippen molar-refractivity contribution in [1.82, 2.24) is 15.1 Å². The minimum atomic E-state index is -0.222. The van der Waals surface area contributed by atoms with Gasteiger partial charge in [0.25, 0.3) is 0 Å². The molecule has 5 nitrogen and oxygen atoms in total. The first kappa shape index (κ1) is 17.0. The monoisotopic (exact) mass is 323 g/mol. The Kier molecular flexibility index (Phi) is 5.58. The van der Waals surface area contributed by atoms with E-state index in [0.717, 1.165) is 0 Å². The van der Waals surface area contributed by atoms with E-state index in [2.05, 4.69) is 21.7 Å². The van der Waals surface area contributed by atoms with Crippen LogP contribution in [0, 0.1) is 5.92 Å². The van der Waals surface area contributed by atoms with Gasteiger partial charge in [-0.3, -0.25) is 9.59 Å². The summed E-state index contributed by atoms with van der Waals surface area (Å²) in [7, 11) is 4.02. The highest BCUT2D eigenvalue weighted by atomic mass is 32.1. The number of likely N-dealkylation sites (tertiary alicyclic amines) is 1. The van der Waals surface area contributed by atoms with Crippen molar-refractivity contribution < 1.29 is 9.59 Å². The summed E-state index contributed by atoms with van der Waals surface area (Å²) in [5.74, 6) is -0.157. The number of likely N-dealkylation sites (N-methyl/N-ethyl adjacent to an activating group) is 1. The van der Waals surface area contributed by atoms with Gasteiger partial charge in [-0.2, -0.15) is 11.3 Å². The van der Waals surface area contributed by atoms with E-state index in [1.165, 1.54) is 5.56 Å². The summed E-state index contributed by atoms with van der Waals surface area (Å²) < 4.78 is 0. The van der Waals surface area contributed by atoms with Crippen molar-refractivity contribution in [3.05, 3.63) is 22.4 Å². The lowest BCUT2D eigenvalue weighted by molar-refractivity contribution is -0.130. The Morgan fingerprint density at radius 1 is 1.50 bits per heavy atom. The lowest BCUT2D eigenvalue weighted by atomic mass is 10.1. The molecule has 1 saturated heterocycles. The van der Waals surface area contributed by atoms with Gasteiger partial charge in [0.1, 0.15) is 0 Å². The zero-order chi connectivity index (χ0) is 16.3. The predicted molar refractivity (Wildman–Crippen MR) is 88.7 cm³/mol. The first-order valence-electron chi connectivity index (χ1n) is 7.65. The molecule has 6 heteroatoms. The van der Waals surface area contributed by atoms with Gasteiger partial charge in [0, 0.05) is 25.6 Å². The highest BCUT2D eigenvalue weighted by molar-refractivity contribution is 7.07. The zero-order valence-corrected chi connectivity index (χ0v) is 14.5. The lowest BCUT2D eigenvalue weighted by Gasteiger charge is -2.25. The third kappa shape index (κ3) is 3.87. The van der Waals surface area contributed by atoms with Crippen LogP contribution in [-0.2, 0) is 9.59 Å². The van der Waals surface area contributed by atoms with Gasteiger partial charge in [-0.1, -0.05) is 0 Å². The number of hydrogen-bond donors (Lipinski definition) is 1. The van der Waals surface area contributed by atoms with Gasteiger partial charge in [0.15, 0.2) is 0 Å². The Balaban J connectivity index is 1.91. The molecule has 0 aliphatic carbocycles. The van der Waals surface area contributed by atoms with Crippen LogP contribution in [0.5, 0.6) is 0 Å². The molecule has 1 aromatic heterocycles. The van der Waals surface area contributed by atoms with Crippen LogP contribution in [0.25, 0.3) is 0 Å². The Hall–Kier alpha value is -1.40. The molecule has 0 bridgehead atoms. The molecule has 0 aromatic carbocycles. The molecule has 2 rings (SSSR count). The Labute approximate surface area is 136 Å². The van der Waals surface area contributed by atoms with Crippen LogP contribution in [0.3, 0.4) is 0 Å². The molecule has 1 N–H and O–H groups in total. The fourth-order valence-corrected chi connectivity index (χ4v) is 3.52. The number of nitrogens with one attached hydrogen (secondary N) is 1. The second-order valence-electron chi connectivity index (χ2n) is 6.32. The van der Waals surface area contributed by atoms with Crippen molar-refractivity contribution in [2.75, 3.05) is 27.2 Å². The van der Waals surface area contributed by atoms with Gasteiger partial charge in [0.2, 0.25) is 11.8 Å². The van der Waals surface area contributed by atoms with Crippen LogP contribution < -0.4 is 5.32 Å². The summed E-state index contributed by atoms with van der Waals surface area (Å²) in [6, 6.07) is 2.40. The van der Waals surface area contributed by atoms with Crippen LogP contribution in [0.2, 0.25) is 0 Å². The van der Waals surface area contributed by atoms with E-state index in [9.17, 15) is 9.59 Å². The minimum Gasteiger partial charge on any atom is -0.354 e. The fourth-order valence-electron chi connectivity index (χ4n) is 2.81. The van der Waals surface area contributed by atoms with E-state index in [-0.39, 0.29) is 29.8 Å². The molecule has 1 aromatic rings. The van der Waals surface area contributed by atoms with E-state index < -0.39 is 0 Å². The standard InChI is InChI=1S/C16H25N3O2S/c1-11(2)19-9-13(7-15(19)20)16(21)17-8-14(18(3)4)12-5-6-22-10-12/h5-6,10-11,13-14H,7-9H2,1-4H3,(H,17,21)/t13-,14-/m1/s1. The summed E-state index contributed by atoms with van der Waals surface area (Å²) in [4.78, 5) is 28.1. The van der Waals surface area contributed by atoms with Crippen LogP contribution >= 0.6 is 11.3 Å².